The second-order valence-electron chi connectivity index (χ2n) is 5.79. The minimum absolute atomic E-state index is 0.325. The van der Waals surface area contributed by atoms with Gasteiger partial charge < -0.3 is 9.47 Å². The predicted molar refractivity (Wildman–Crippen MR) is 128 cm³/mol. The van der Waals surface area contributed by atoms with Gasteiger partial charge in [0.15, 0.2) is 5.75 Å². The highest BCUT2D eigenvalue weighted by Crippen LogP contribution is 2.37. The lowest BCUT2D eigenvalue weighted by molar-refractivity contribution is 0.363. The Labute approximate surface area is 196 Å². The Morgan fingerprint density at radius 3 is 2.14 bits per heavy atom. The number of rotatable bonds is 7. The Kier molecular flexibility index (Phi) is 8.19. The van der Waals surface area contributed by atoms with Gasteiger partial charge in [-0.3, -0.25) is 4.99 Å². The second kappa shape index (κ2) is 10.8. The van der Waals surface area contributed by atoms with Crippen LogP contribution in [0.15, 0.2) is 81.2 Å². The molecule has 3 rings (SSSR count). The van der Waals surface area contributed by atoms with Crippen LogP contribution in [0, 0.1) is 0 Å². The number of aliphatic imine (C=N–C) groups is 1. The molecule has 0 saturated heterocycles. The fourth-order valence-electron chi connectivity index (χ4n) is 2.34. The van der Waals surface area contributed by atoms with Gasteiger partial charge >= 0.3 is 0 Å². The largest absolute Gasteiger partial charge is 0.486 e. The normalized spacial score (nSPS) is 10.8. The van der Waals surface area contributed by atoms with Crippen molar-refractivity contribution in [1.82, 2.24) is 0 Å². The third kappa shape index (κ3) is 6.89. The van der Waals surface area contributed by atoms with Gasteiger partial charge in [0, 0.05) is 6.21 Å². The van der Waals surface area contributed by atoms with E-state index in [0.717, 1.165) is 20.5 Å². The zero-order valence-electron chi connectivity index (χ0n) is 15.0. The molecule has 3 aromatic rings. The van der Waals surface area contributed by atoms with Crippen LogP contribution in [-0.2, 0) is 0 Å². The van der Waals surface area contributed by atoms with Crippen molar-refractivity contribution in [2.75, 3.05) is 6.61 Å². The number of ether oxygens (including phenoxy) is 2. The Hall–Kier alpha value is -1.79. The molecule has 3 nitrogen and oxygen atoms in total. The summed E-state index contributed by atoms with van der Waals surface area (Å²) in [6.45, 7) is 0.325. The van der Waals surface area contributed by atoms with Crippen LogP contribution in [0.25, 0.3) is 0 Å². The predicted octanol–water partition coefficient (Wildman–Crippen LogP) is 8.55. The van der Waals surface area contributed by atoms with E-state index in [1.54, 1.807) is 24.4 Å². The monoisotopic (exact) mass is 553 g/mol. The molecule has 0 bridgehead atoms. The van der Waals surface area contributed by atoms with Crippen molar-refractivity contribution in [1.29, 1.82) is 0 Å². The Morgan fingerprint density at radius 1 is 0.897 bits per heavy atom. The van der Waals surface area contributed by atoms with E-state index in [1.807, 2.05) is 54.6 Å². The van der Waals surface area contributed by atoms with Crippen LogP contribution in [0.4, 0.5) is 5.69 Å². The summed E-state index contributed by atoms with van der Waals surface area (Å²) in [6, 6.07) is 20.7. The zero-order chi connectivity index (χ0) is 20.6. The SMILES string of the molecule is Clc1cc(N=Cc2ccc(Oc3ccccc3)cc2)cc(Cl)c1OCC=C(Br)Br. The van der Waals surface area contributed by atoms with Gasteiger partial charge in [0.1, 0.15) is 18.1 Å². The number of benzene rings is 3. The molecule has 0 atom stereocenters. The Balaban J connectivity index is 1.67. The van der Waals surface area contributed by atoms with Gasteiger partial charge in [0.2, 0.25) is 0 Å². The molecule has 29 heavy (non-hydrogen) atoms. The molecule has 0 aliphatic rings. The van der Waals surface area contributed by atoms with Gasteiger partial charge in [-0.25, -0.2) is 0 Å². The highest BCUT2D eigenvalue weighted by atomic mass is 79.9. The summed E-state index contributed by atoms with van der Waals surface area (Å²) < 4.78 is 12.2. The van der Waals surface area contributed by atoms with Crippen molar-refractivity contribution in [3.8, 4) is 17.2 Å². The highest BCUT2D eigenvalue weighted by molar-refractivity contribution is 9.28. The average Bonchev–Trinajstić information content (AvgIpc) is 2.70. The molecule has 0 spiro atoms. The molecule has 0 aliphatic heterocycles. The number of para-hydroxylation sites is 1. The maximum Gasteiger partial charge on any atom is 0.157 e. The first-order valence-electron chi connectivity index (χ1n) is 8.51. The van der Waals surface area contributed by atoms with Crippen LogP contribution in [0.1, 0.15) is 5.56 Å². The molecule has 0 heterocycles. The van der Waals surface area contributed by atoms with Gasteiger partial charge in [-0.05, 0) is 92.0 Å². The summed E-state index contributed by atoms with van der Waals surface area (Å²) in [6.07, 6.45) is 3.53. The highest BCUT2D eigenvalue weighted by Gasteiger charge is 2.09. The van der Waals surface area contributed by atoms with E-state index >= 15 is 0 Å². The number of nitrogens with zero attached hydrogens (tertiary/aromatic N) is 1. The number of halogens is 4. The molecule has 0 N–H and O–H groups in total. The second-order valence-corrected chi connectivity index (χ2v) is 9.37. The molecule has 7 heteroatoms. The molecule has 0 radical (unpaired) electrons. The minimum atomic E-state index is 0.325. The van der Waals surface area contributed by atoms with E-state index in [2.05, 4.69) is 36.9 Å². The summed E-state index contributed by atoms with van der Waals surface area (Å²) in [5, 5.41) is 0.797. The fourth-order valence-corrected chi connectivity index (χ4v) is 3.19. The molecule has 0 unspecified atom stereocenters. The van der Waals surface area contributed by atoms with Gasteiger partial charge in [0.05, 0.1) is 19.1 Å². The first-order valence-corrected chi connectivity index (χ1v) is 10.9. The van der Waals surface area contributed by atoms with Crippen LogP contribution in [0.3, 0.4) is 0 Å². The van der Waals surface area contributed by atoms with Crippen molar-refractivity contribution in [2.45, 2.75) is 0 Å². The quantitative estimate of drug-likeness (QED) is 0.273. The van der Waals surface area contributed by atoms with Crippen LogP contribution in [0.5, 0.6) is 17.2 Å². The topological polar surface area (TPSA) is 30.8 Å². The van der Waals surface area contributed by atoms with Crippen LogP contribution in [0.2, 0.25) is 10.0 Å². The molecule has 0 fully saturated rings. The van der Waals surface area contributed by atoms with E-state index in [0.29, 0.717) is 28.1 Å². The van der Waals surface area contributed by atoms with E-state index in [1.165, 1.54) is 0 Å². The lowest BCUT2D eigenvalue weighted by Gasteiger charge is -2.09. The molecule has 0 aromatic heterocycles. The smallest absolute Gasteiger partial charge is 0.157 e. The van der Waals surface area contributed by atoms with Crippen LogP contribution in [-0.4, -0.2) is 12.8 Å². The molecular weight excluding hydrogens is 541 g/mol. The van der Waals surface area contributed by atoms with Crippen LogP contribution < -0.4 is 9.47 Å². The first-order chi connectivity index (χ1) is 14.0. The summed E-state index contributed by atoms with van der Waals surface area (Å²) >= 11 is 19.1. The number of hydrogen-bond donors (Lipinski definition) is 0. The van der Waals surface area contributed by atoms with Crippen molar-refractivity contribution in [2.24, 2.45) is 4.99 Å². The third-order valence-corrected chi connectivity index (χ3v) is 4.88. The molecule has 0 amide bonds. The van der Waals surface area contributed by atoms with Gasteiger partial charge in [-0.15, -0.1) is 0 Å². The Morgan fingerprint density at radius 2 is 1.52 bits per heavy atom. The lowest BCUT2D eigenvalue weighted by atomic mass is 10.2. The summed E-state index contributed by atoms with van der Waals surface area (Å²) in [4.78, 5) is 4.44. The average molecular weight is 556 g/mol. The molecule has 148 valence electrons. The van der Waals surface area contributed by atoms with Crippen molar-refractivity contribution < 1.29 is 9.47 Å². The van der Waals surface area contributed by atoms with Gasteiger partial charge in [-0.2, -0.15) is 0 Å². The van der Waals surface area contributed by atoms with Crippen molar-refractivity contribution >= 4 is 67.0 Å². The molecule has 0 aliphatic carbocycles. The molecular formula is C22H15Br2Cl2NO2. The van der Waals surface area contributed by atoms with Gasteiger partial charge in [0.25, 0.3) is 0 Å². The third-order valence-electron chi connectivity index (χ3n) is 3.67. The fraction of sp³-hybridized carbons (Fsp3) is 0.0455. The molecule has 3 aromatic carbocycles. The lowest BCUT2D eigenvalue weighted by Crippen LogP contribution is -1.95. The van der Waals surface area contributed by atoms with E-state index in [9.17, 15) is 0 Å². The van der Waals surface area contributed by atoms with E-state index < -0.39 is 0 Å². The number of hydrogen-bond acceptors (Lipinski definition) is 3. The van der Waals surface area contributed by atoms with Crippen LogP contribution >= 0.6 is 55.1 Å². The zero-order valence-corrected chi connectivity index (χ0v) is 19.7. The maximum absolute atomic E-state index is 6.29. The summed E-state index contributed by atoms with van der Waals surface area (Å²) in [7, 11) is 0. The standard InChI is InChI=1S/C22H15Br2Cl2NO2/c23-21(24)10-11-28-22-19(25)12-16(13-20(22)26)27-14-15-6-8-18(9-7-15)29-17-4-2-1-3-5-17/h1-10,12-14H,11H2. The Bertz CT molecular complexity index is 996. The first kappa shape index (κ1) is 21.9. The van der Waals surface area contributed by atoms with E-state index in [-0.39, 0.29) is 0 Å². The summed E-state index contributed by atoms with van der Waals surface area (Å²) in [5.41, 5.74) is 1.56. The van der Waals surface area contributed by atoms with Gasteiger partial charge in [-0.1, -0.05) is 41.4 Å². The minimum Gasteiger partial charge on any atom is -0.486 e. The van der Waals surface area contributed by atoms with Crippen molar-refractivity contribution in [3.05, 3.63) is 91.8 Å². The summed E-state index contributed by atoms with van der Waals surface area (Å²) in [5.74, 6) is 1.97. The van der Waals surface area contributed by atoms with Crippen molar-refractivity contribution in [3.63, 3.8) is 0 Å². The molecule has 0 saturated carbocycles. The maximum atomic E-state index is 6.29. The van der Waals surface area contributed by atoms with E-state index in [4.69, 9.17) is 32.7 Å².